The van der Waals surface area contributed by atoms with Gasteiger partial charge in [0.2, 0.25) is 0 Å². The number of hydrogen-bond donors (Lipinski definition) is 0. The van der Waals surface area contributed by atoms with Crippen LogP contribution in [-0.2, 0) is 10.2 Å². The standard InChI is InChI=1S/C23H20O/c1-16(2)22-20-11-7-6-10-18(20)19-12-13-23(15-24,14-21(19)22)17-8-4-3-5-9-17/h3-13,15H,14H2,1-2H3. The molecule has 0 N–H and O–H groups in total. The number of carbonyl (C=O) groups is 1. The summed E-state index contributed by atoms with van der Waals surface area (Å²) in [5.74, 6) is 0. The second-order valence-corrected chi connectivity index (χ2v) is 6.85. The Hall–Kier alpha value is -2.67. The first-order valence-corrected chi connectivity index (χ1v) is 8.38. The quantitative estimate of drug-likeness (QED) is 0.684. The molecule has 2 aromatic rings. The zero-order chi connectivity index (χ0) is 16.7. The van der Waals surface area contributed by atoms with Gasteiger partial charge in [0.25, 0.3) is 0 Å². The van der Waals surface area contributed by atoms with Crippen LogP contribution in [0.15, 0.2) is 77.9 Å². The van der Waals surface area contributed by atoms with Crippen molar-refractivity contribution >= 4 is 17.4 Å². The van der Waals surface area contributed by atoms with Crippen molar-refractivity contribution in [3.8, 4) is 0 Å². The monoisotopic (exact) mass is 312 g/mol. The van der Waals surface area contributed by atoms with Crippen LogP contribution in [0.5, 0.6) is 0 Å². The number of hydrogen-bond acceptors (Lipinski definition) is 1. The summed E-state index contributed by atoms with van der Waals surface area (Å²) in [6, 6.07) is 18.6. The lowest BCUT2D eigenvalue weighted by Gasteiger charge is -2.30. The van der Waals surface area contributed by atoms with Crippen molar-refractivity contribution in [3.63, 3.8) is 0 Å². The first-order chi connectivity index (χ1) is 11.7. The highest BCUT2D eigenvalue weighted by molar-refractivity contribution is 6.05. The van der Waals surface area contributed by atoms with E-state index < -0.39 is 5.41 Å². The van der Waals surface area contributed by atoms with Crippen molar-refractivity contribution in [3.05, 3.63) is 94.6 Å². The van der Waals surface area contributed by atoms with E-state index in [4.69, 9.17) is 0 Å². The van der Waals surface area contributed by atoms with E-state index in [0.29, 0.717) is 0 Å². The minimum atomic E-state index is -0.567. The Balaban J connectivity index is 1.89. The van der Waals surface area contributed by atoms with Gasteiger partial charge in [-0.1, -0.05) is 72.3 Å². The van der Waals surface area contributed by atoms with E-state index in [1.165, 1.54) is 33.4 Å². The van der Waals surface area contributed by atoms with Gasteiger partial charge in [-0.2, -0.15) is 0 Å². The molecule has 24 heavy (non-hydrogen) atoms. The van der Waals surface area contributed by atoms with E-state index in [9.17, 15) is 4.79 Å². The molecule has 118 valence electrons. The fraction of sp³-hybridized carbons (Fsp3) is 0.174. The number of carbonyl (C=O) groups excluding carboxylic acids is 1. The molecule has 0 bridgehead atoms. The van der Waals surface area contributed by atoms with Crippen LogP contribution in [0.3, 0.4) is 0 Å². The Bertz CT molecular complexity index is 908. The summed E-state index contributed by atoms with van der Waals surface area (Å²) in [6.45, 7) is 4.32. The lowest BCUT2D eigenvalue weighted by molar-refractivity contribution is -0.111. The first-order valence-electron chi connectivity index (χ1n) is 8.38. The van der Waals surface area contributed by atoms with Gasteiger partial charge in [0, 0.05) is 0 Å². The Labute approximate surface area is 143 Å². The van der Waals surface area contributed by atoms with E-state index in [1.807, 2.05) is 18.2 Å². The van der Waals surface area contributed by atoms with Gasteiger partial charge in [0.15, 0.2) is 0 Å². The lowest BCUT2D eigenvalue weighted by atomic mass is 9.72. The molecule has 2 aliphatic rings. The molecular weight excluding hydrogens is 292 g/mol. The summed E-state index contributed by atoms with van der Waals surface area (Å²) < 4.78 is 0. The third-order valence-electron chi connectivity index (χ3n) is 5.15. The van der Waals surface area contributed by atoms with Crippen LogP contribution in [0.1, 0.15) is 37.0 Å². The summed E-state index contributed by atoms with van der Waals surface area (Å²) in [5, 5.41) is 0. The largest absolute Gasteiger partial charge is 0.302 e. The summed E-state index contributed by atoms with van der Waals surface area (Å²) >= 11 is 0. The lowest BCUT2D eigenvalue weighted by Crippen LogP contribution is -2.28. The zero-order valence-electron chi connectivity index (χ0n) is 14.0. The summed E-state index contributed by atoms with van der Waals surface area (Å²) in [4.78, 5) is 12.1. The molecule has 1 atom stereocenters. The SMILES string of the molecule is CC(C)=C1C2=C(C=CC(C=O)(c3ccccc3)C2)c2ccccc21. The molecular formula is C23H20O. The fourth-order valence-corrected chi connectivity index (χ4v) is 4.02. The zero-order valence-corrected chi connectivity index (χ0v) is 14.0. The van der Waals surface area contributed by atoms with Crippen LogP contribution in [0.4, 0.5) is 0 Å². The molecule has 1 unspecified atom stereocenters. The second kappa shape index (κ2) is 5.45. The molecule has 0 aromatic heterocycles. The maximum absolute atomic E-state index is 12.1. The normalized spacial score (nSPS) is 21.5. The highest BCUT2D eigenvalue weighted by atomic mass is 16.1. The average Bonchev–Trinajstić information content (AvgIpc) is 2.95. The second-order valence-electron chi connectivity index (χ2n) is 6.85. The van der Waals surface area contributed by atoms with Crippen molar-refractivity contribution in [2.24, 2.45) is 0 Å². The first kappa shape index (κ1) is 14.9. The van der Waals surface area contributed by atoms with E-state index in [2.05, 4.69) is 62.4 Å². The van der Waals surface area contributed by atoms with Gasteiger partial charge >= 0.3 is 0 Å². The van der Waals surface area contributed by atoms with Crippen LogP contribution < -0.4 is 0 Å². The Morgan fingerprint density at radius 2 is 1.62 bits per heavy atom. The summed E-state index contributed by atoms with van der Waals surface area (Å²) in [7, 11) is 0. The van der Waals surface area contributed by atoms with Gasteiger partial charge < -0.3 is 4.79 Å². The molecule has 1 heteroatoms. The van der Waals surface area contributed by atoms with E-state index in [1.54, 1.807) is 0 Å². The minimum absolute atomic E-state index is 0.567. The van der Waals surface area contributed by atoms with Crippen LogP contribution in [0.25, 0.3) is 11.1 Å². The maximum Gasteiger partial charge on any atom is 0.134 e. The Kier molecular flexibility index (Phi) is 3.38. The maximum atomic E-state index is 12.1. The minimum Gasteiger partial charge on any atom is -0.302 e. The highest BCUT2D eigenvalue weighted by Gasteiger charge is 2.38. The van der Waals surface area contributed by atoms with Gasteiger partial charge in [0.05, 0.1) is 5.41 Å². The predicted molar refractivity (Wildman–Crippen MR) is 99.6 cm³/mol. The number of aldehydes is 1. The molecule has 0 amide bonds. The third-order valence-corrected chi connectivity index (χ3v) is 5.15. The molecule has 2 aliphatic carbocycles. The number of benzene rings is 2. The molecule has 0 radical (unpaired) electrons. The molecule has 1 nitrogen and oxygen atoms in total. The number of rotatable bonds is 2. The van der Waals surface area contributed by atoms with Gasteiger partial charge in [-0.05, 0) is 53.7 Å². The Morgan fingerprint density at radius 3 is 2.29 bits per heavy atom. The number of allylic oxidation sites excluding steroid dienone is 6. The van der Waals surface area contributed by atoms with Crippen LogP contribution in [-0.4, -0.2) is 6.29 Å². The molecule has 2 aromatic carbocycles. The van der Waals surface area contributed by atoms with Gasteiger partial charge in [-0.25, -0.2) is 0 Å². The fourth-order valence-electron chi connectivity index (χ4n) is 4.02. The van der Waals surface area contributed by atoms with Crippen molar-refractivity contribution in [1.29, 1.82) is 0 Å². The van der Waals surface area contributed by atoms with Crippen molar-refractivity contribution < 1.29 is 4.79 Å². The van der Waals surface area contributed by atoms with Crippen LogP contribution in [0, 0.1) is 0 Å². The average molecular weight is 312 g/mol. The van der Waals surface area contributed by atoms with Crippen molar-refractivity contribution in [2.75, 3.05) is 0 Å². The number of fused-ring (bicyclic) bond motifs is 2. The topological polar surface area (TPSA) is 17.1 Å². The predicted octanol–water partition coefficient (Wildman–Crippen LogP) is 5.34. The Morgan fingerprint density at radius 1 is 0.958 bits per heavy atom. The molecule has 0 saturated heterocycles. The molecule has 0 saturated carbocycles. The van der Waals surface area contributed by atoms with Gasteiger partial charge in [-0.3, -0.25) is 0 Å². The summed E-state index contributed by atoms with van der Waals surface area (Å²) in [6.07, 6.45) is 6.06. The van der Waals surface area contributed by atoms with E-state index in [0.717, 1.165) is 18.3 Å². The molecule has 0 fully saturated rings. The summed E-state index contributed by atoms with van der Waals surface area (Å²) in [5.41, 5.74) is 8.26. The molecule has 0 spiro atoms. The molecule has 0 heterocycles. The van der Waals surface area contributed by atoms with E-state index in [-0.39, 0.29) is 0 Å². The van der Waals surface area contributed by atoms with Crippen molar-refractivity contribution in [1.82, 2.24) is 0 Å². The molecule has 4 rings (SSSR count). The smallest absolute Gasteiger partial charge is 0.134 e. The van der Waals surface area contributed by atoms with Crippen molar-refractivity contribution in [2.45, 2.75) is 25.7 Å². The third kappa shape index (κ3) is 2.05. The van der Waals surface area contributed by atoms with Gasteiger partial charge in [-0.15, -0.1) is 0 Å². The molecule has 0 aliphatic heterocycles. The van der Waals surface area contributed by atoms with Gasteiger partial charge in [0.1, 0.15) is 6.29 Å². The van der Waals surface area contributed by atoms with Crippen LogP contribution in [0.2, 0.25) is 0 Å². The highest BCUT2D eigenvalue weighted by Crippen LogP contribution is 2.51. The van der Waals surface area contributed by atoms with Crippen LogP contribution >= 0.6 is 0 Å². The van der Waals surface area contributed by atoms with E-state index >= 15 is 0 Å².